The summed E-state index contributed by atoms with van der Waals surface area (Å²) in [7, 11) is 0. The van der Waals surface area contributed by atoms with Crippen molar-refractivity contribution in [1.82, 2.24) is 10.3 Å². The van der Waals surface area contributed by atoms with Crippen LogP contribution in [0.3, 0.4) is 0 Å². The Labute approximate surface area is 105 Å². The van der Waals surface area contributed by atoms with Gasteiger partial charge in [-0.25, -0.2) is 0 Å². The maximum Gasteiger partial charge on any atom is 0.122 e. The number of nitrogens with zero attached hydrogens (tertiary/aromatic N) is 1. The normalized spacial score (nSPS) is 10.8. The molecule has 0 radical (unpaired) electrons. The van der Waals surface area contributed by atoms with E-state index in [1.165, 1.54) is 0 Å². The predicted octanol–water partition coefficient (Wildman–Crippen LogP) is 3.01. The first kappa shape index (κ1) is 14.0. The predicted molar refractivity (Wildman–Crippen MR) is 71.2 cm³/mol. The molecule has 1 aromatic rings. The van der Waals surface area contributed by atoms with Crippen molar-refractivity contribution in [3.05, 3.63) is 24.0 Å². The Balaban J connectivity index is 2.37. The molecule has 0 amide bonds. The zero-order chi connectivity index (χ0) is 12.5. The molecule has 3 heteroatoms. The molecule has 0 saturated heterocycles. The third-order valence-corrected chi connectivity index (χ3v) is 2.41. The van der Waals surface area contributed by atoms with Gasteiger partial charge in [0.05, 0.1) is 12.3 Å². The number of aromatic nitrogens is 1. The van der Waals surface area contributed by atoms with E-state index in [0.717, 1.165) is 44.0 Å². The lowest BCUT2D eigenvalue weighted by Crippen LogP contribution is -2.19. The molecule has 0 saturated carbocycles. The van der Waals surface area contributed by atoms with E-state index in [0.29, 0.717) is 5.92 Å². The zero-order valence-electron chi connectivity index (χ0n) is 11.2. The van der Waals surface area contributed by atoms with Crippen LogP contribution in [-0.4, -0.2) is 18.1 Å². The molecule has 1 aromatic heterocycles. The van der Waals surface area contributed by atoms with Gasteiger partial charge in [-0.05, 0) is 24.9 Å². The minimum atomic E-state index is 0.666. The van der Waals surface area contributed by atoms with Crippen LogP contribution in [0.1, 0.15) is 39.3 Å². The second-order valence-corrected chi connectivity index (χ2v) is 4.71. The highest BCUT2D eigenvalue weighted by atomic mass is 16.5. The molecule has 0 spiro atoms. The highest BCUT2D eigenvalue weighted by Gasteiger charge is 1.99. The first-order valence-electron chi connectivity index (χ1n) is 6.50. The molecule has 17 heavy (non-hydrogen) atoms. The standard InChI is InChI=1S/C14H24N2O/c1-4-5-8-17-14-6-7-16-13(9-14)11-15-10-12(2)3/h6-7,9,12,15H,4-5,8,10-11H2,1-3H3. The first-order valence-corrected chi connectivity index (χ1v) is 6.50. The summed E-state index contributed by atoms with van der Waals surface area (Å²) in [5.74, 6) is 1.59. The molecule has 0 aromatic carbocycles. The Bertz CT molecular complexity index is 313. The van der Waals surface area contributed by atoms with Gasteiger partial charge in [0.15, 0.2) is 0 Å². The number of hydrogen-bond acceptors (Lipinski definition) is 3. The Hall–Kier alpha value is -1.09. The second kappa shape index (κ2) is 8.07. The van der Waals surface area contributed by atoms with Crippen molar-refractivity contribution in [2.75, 3.05) is 13.2 Å². The van der Waals surface area contributed by atoms with E-state index in [2.05, 4.69) is 31.1 Å². The molecular formula is C14H24N2O. The summed E-state index contributed by atoms with van der Waals surface area (Å²) in [5.41, 5.74) is 1.04. The fourth-order valence-corrected chi connectivity index (χ4v) is 1.47. The van der Waals surface area contributed by atoms with Crippen LogP contribution in [0, 0.1) is 5.92 Å². The quantitative estimate of drug-likeness (QED) is 0.705. The largest absolute Gasteiger partial charge is 0.493 e. The molecule has 0 bridgehead atoms. The Morgan fingerprint density at radius 1 is 1.41 bits per heavy atom. The molecule has 0 aliphatic carbocycles. The maximum absolute atomic E-state index is 5.65. The van der Waals surface area contributed by atoms with Crippen LogP contribution in [0.25, 0.3) is 0 Å². The lowest BCUT2D eigenvalue weighted by atomic mass is 10.2. The molecule has 1 heterocycles. The van der Waals surface area contributed by atoms with E-state index in [1.807, 2.05) is 18.3 Å². The fraction of sp³-hybridized carbons (Fsp3) is 0.643. The van der Waals surface area contributed by atoms with Crippen molar-refractivity contribution in [3.63, 3.8) is 0 Å². The zero-order valence-corrected chi connectivity index (χ0v) is 11.2. The van der Waals surface area contributed by atoms with Crippen molar-refractivity contribution in [2.24, 2.45) is 5.92 Å². The van der Waals surface area contributed by atoms with E-state index in [1.54, 1.807) is 0 Å². The number of nitrogens with one attached hydrogen (secondary N) is 1. The lowest BCUT2D eigenvalue weighted by Gasteiger charge is -2.09. The van der Waals surface area contributed by atoms with Crippen LogP contribution < -0.4 is 10.1 Å². The minimum absolute atomic E-state index is 0.666. The van der Waals surface area contributed by atoms with Gasteiger partial charge in [0.2, 0.25) is 0 Å². The van der Waals surface area contributed by atoms with Gasteiger partial charge in [-0.1, -0.05) is 27.2 Å². The highest BCUT2D eigenvalue weighted by molar-refractivity contribution is 5.22. The first-order chi connectivity index (χ1) is 8.22. The second-order valence-electron chi connectivity index (χ2n) is 4.71. The summed E-state index contributed by atoms with van der Waals surface area (Å²) in [6, 6.07) is 3.94. The number of rotatable bonds is 8. The van der Waals surface area contributed by atoms with Crippen LogP contribution in [0.15, 0.2) is 18.3 Å². The molecule has 1 N–H and O–H groups in total. The summed E-state index contributed by atoms with van der Waals surface area (Å²) >= 11 is 0. The highest BCUT2D eigenvalue weighted by Crippen LogP contribution is 2.11. The summed E-state index contributed by atoms with van der Waals surface area (Å²) in [5, 5.41) is 3.38. The van der Waals surface area contributed by atoms with E-state index in [4.69, 9.17) is 4.74 Å². The Kier molecular flexibility index (Phi) is 6.63. The van der Waals surface area contributed by atoms with Crippen LogP contribution in [0.5, 0.6) is 5.75 Å². The number of ether oxygens (including phenoxy) is 1. The molecule has 0 unspecified atom stereocenters. The SMILES string of the molecule is CCCCOc1ccnc(CNCC(C)C)c1. The van der Waals surface area contributed by atoms with E-state index < -0.39 is 0 Å². The van der Waals surface area contributed by atoms with Gasteiger partial charge >= 0.3 is 0 Å². The third kappa shape index (κ3) is 6.27. The molecular weight excluding hydrogens is 212 g/mol. The molecule has 0 aliphatic heterocycles. The van der Waals surface area contributed by atoms with Gasteiger partial charge in [0.25, 0.3) is 0 Å². The fourth-order valence-electron chi connectivity index (χ4n) is 1.47. The molecule has 0 fully saturated rings. The smallest absolute Gasteiger partial charge is 0.122 e. The van der Waals surface area contributed by atoms with E-state index >= 15 is 0 Å². The Morgan fingerprint density at radius 2 is 2.24 bits per heavy atom. The van der Waals surface area contributed by atoms with E-state index in [-0.39, 0.29) is 0 Å². The van der Waals surface area contributed by atoms with Gasteiger partial charge < -0.3 is 10.1 Å². The summed E-state index contributed by atoms with van der Waals surface area (Å²) in [4.78, 5) is 4.32. The summed E-state index contributed by atoms with van der Waals surface area (Å²) in [6.07, 6.45) is 4.07. The molecule has 96 valence electrons. The number of hydrogen-bond donors (Lipinski definition) is 1. The van der Waals surface area contributed by atoms with Crippen LogP contribution in [0.4, 0.5) is 0 Å². The maximum atomic E-state index is 5.65. The Morgan fingerprint density at radius 3 is 2.94 bits per heavy atom. The molecule has 0 aliphatic rings. The van der Waals surface area contributed by atoms with Crippen molar-refractivity contribution >= 4 is 0 Å². The van der Waals surface area contributed by atoms with Crippen molar-refractivity contribution < 1.29 is 4.74 Å². The molecule has 1 rings (SSSR count). The van der Waals surface area contributed by atoms with Gasteiger partial charge in [0, 0.05) is 18.8 Å². The lowest BCUT2D eigenvalue weighted by molar-refractivity contribution is 0.308. The number of pyridine rings is 1. The van der Waals surface area contributed by atoms with Crippen molar-refractivity contribution in [2.45, 2.75) is 40.2 Å². The van der Waals surface area contributed by atoms with Gasteiger partial charge in [0.1, 0.15) is 5.75 Å². The van der Waals surface area contributed by atoms with Crippen LogP contribution in [0.2, 0.25) is 0 Å². The van der Waals surface area contributed by atoms with Gasteiger partial charge in [-0.2, -0.15) is 0 Å². The van der Waals surface area contributed by atoms with Gasteiger partial charge in [-0.3, -0.25) is 4.98 Å². The minimum Gasteiger partial charge on any atom is -0.493 e. The average molecular weight is 236 g/mol. The van der Waals surface area contributed by atoms with Crippen LogP contribution >= 0.6 is 0 Å². The molecule has 3 nitrogen and oxygen atoms in total. The van der Waals surface area contributed by atoms with Gasteiger partial charge in [-0.15, -0.1) is 0 Å². The molecule has 0 atom stereocenters. The van der Waals surface area contributed by atoms with E-state index in [9.17, 15) is 0 Å². The topological polar surface area (TPSA) is 34.1 Å². The summed E-state index contributed by atoms with van der Waals surface area (Å²) in [6.45, 7) is 9.18. The monoisotopic (exact) mass is 236 g/mol. The van der Waals surface area contributed by atoms with Crippen molar-refractivity contribution in [1.29, 1.82) is 0 Å². The van der Waals surface area contributed by atoms with Crippen LogP contribution in [-0.2, 0) is 6.54 Å². The summed E-state index contributed by atoms with van der Waals surface area (Å²) < 4.78 is 5.65. The average Bonchev–Trinajstić information content (AvgIpc) is 2.29. The van der Waals surface area contributed by atoms with Crippen molar-refractivity contribution in [3.8, 4) is 5.75 Å². The number of unbranched alkanes of at least 4 members (excludes halogenated alkanes) is 1. The third-order valence-electron chi connectivity index (χ3n) is 2.41.